The smallest absolute Gasteiger partial charge is 0.274 e. The molecule has 0 saturated carbocycles. The number of hydrogen-bond donors (Lipinski definition) is 0. The van der Waals surface area contributed by atoms with Crippen LogP contribution in [-0.2, 0) is 0 Å². The topological polar surface area (TPSA) is 52.4 Å². The van der Waals surface area contributed by atoms with Gasteiger partial charge in [-0.25, -0.2) is 4.39 Å². The van der Waals surface area contributed by atoms with Crippen LogP contribution < -0.4 is 4.74 Å². The van der Waals surface area contributed by atoms with Gasteiger partial charge in [0.1, 0.15) is 0 Å². The summed E-state index contributed by atoms with van der Waals surface area (Å²) in [6.45, 7) is 5.91. The molecule has 0 aliphatic rings. The molecule has 0 saturated heterocycles. The number of nitrogens with zero attached hydrogens (tertiary/aromatic N) is 1. The minimum absolute atomic E-state index is 0.0986. The maximum absolute atomic E-state index is 13.1. The Hall–Kier alpha value is -1.36. The first-order valence-corrected chi connectivity index (χ1v) is 5.20. The van der Waals surface area contributed by atoms with Gasteiger partial charge in [-0.05, 0) is 6.92 Å². The standard InChI is InChI=1S/C8H7ClFNO3.C2H6/c1-2-14-8-6(9)3-5(11(12)13)4-7(8)10;1-2/h3-4H,2H2,1H3;1-2H3. The minimum atomic E-state index is -0.828. The monoisotopic (exact) mass is 249 g/mol. The van der Waals surface area contributed by atoms with E-state index < -0.39 is 16.4 Å². The third-order valence-corrected chi connectivity index (χ3v) is 1.76. The van der Waals surface area contributed by atoms with Gasteiger partial charge < -0.3 is 4.74 Å². The van der Waals surface area contributed by atoms with E-state index in [-0.39, 0.29) is 17.4 Å². The summed E-state index contributed by atoms with van der Waals surface area (Å²) >= 11 is 5.59. The summed E-state index contributed by atoms with van der Waals surface area (Å²) in [5, 5.41) is 10.2. The molecule has 0 unspecified atom stereocenters. The molecule has 0 atom stereocenters. The lowest BCUT2D eigenvalue weighted by atomic mass is 10.3. The summed E-state index contributed by atoms with van der Waals surface area (Å²) in [4.78, 5) is 9.60. The van der Waals surface area contributed by atoms with Crippen molar-refractivity contribution in [3.05, 3.63) is 33.1 Å². The molecule has 6 heteroatoms. The minimum Gasteiger partial charge on any atom is -0.489 e. The van der Waals surface area contributed by atoms with Crippen LogP contribution in [0.2, 0.25) is 5.02 Å². The Kier molecular flexibility index (Phi) is 6.41. The van der Waals surface area contributed by atoms with Crippen molar-refractivity contribution >= 4 is 17.3 Å². The summed E-state index contributed by atoms with van der Waals surface area (Å²) < 4.78 is 18.0. The molecule has 0 radical (unpaired) electrons. The predicted molar refractivity (Wildman–Crippen MR) is 60.6 cm³/mol. The number of nitro benzene ring substituents is 1. The van der Waals surface area contributed by atoms with E-state index in [2.05, 4.69) is 0 Å². The molecule has 0 amide bonds. The quantitative estimate of drug-likeness (QED) is 0.605. The second kappa shape index (κ2) is 7.00. The molecule has 90 valence electrons. The molecule has 0 aliphatic heterocycles. The summed E-state index contributed by atoms with van der Waals surface area (Å²) in [5.74, 6) is -0.981. The summed E-state index contributed by atoms with van der Waals surface area (Å²) in [5.41, 5.74) is -0.393. The van der Waals surface area contributed by atoms with Crippen molar-refractivity contribution < 1.29 is 14.1 Å². The fourth-order valence-corrected chi connectivity index (χ4v) is 1.19. The van der Waals surface area contributed by atoms with E-state index in [1.165, 1.54) is 0 Å². The molecule has 0 bridgehead atoms. The van der Waals surface area contributed by atoms with E-state index in [0.717, 1.165) is 12.1 Å². The molecule has 0 aromatic heterocycles. The van der Waals surface area contributed by atoms with Crippen molar-refractivity contribution in [2.45, 2.75) is 20.8 Å². The second-order valence-electron chi connectivity index (χ2n) is 2.43. The molecule has 1 rings (SSSR count). The van der Waals surface area contributed by atoms with Gasteiger partial charge in [0, 0.05) is 6.07 Å². The number of non-ortho nitro benzene ring substituents is 1. The van der Waals surface area contributed by atoms with Crippen LogP contribution in [0.5, 0.6) is 5.75 Å². The Bertz CT molecular complexity index is 348. The highest BCUT2D eigenvalue weighted by molar-refractivity contribution is 6.32. The van der Waals surface area contributed by atoms with Gasteiger partial charge in [0.15, 0.2) is 11.6 Å². The van der Waals surface area contributed by atoms with E-state index in [1.54, 1.807) is 6.92 Å². The first kappa shape index (κ1) is 14.6. The molecule has 0 fully saturated rings. The lowest BCUT2D eigenvalue weighted by molar-refractivity contribution is -0.385. The van der Waals surface area contributed by atoms with Gasteiger partial charge in [0.05, 0.1) is 22.6 Å². The number of hydrogen-bond acceptors (Lipinski definition) is 3. The van der Waals surface area contributed by atoms with Crippen LogP contribution in [0.1, 0.15) is 20.8 Å². The van der Waals surface area contributed by atoms with Crippen molar-refractivity contribution in [2.24, 2.45) is 0 Å². The van der Waals surface area contributed by atoms with Gasteiger partial charge in [-0.1, -0.05) is 25.4 Å². The predicted octanol–water partition coefficient (Wildman–Crippen LogP) is 3.81. The third-order valence-electron chi connectivity index (χ3n) is 1.48. The van der Waals surface area contributed by atoms with Gasteiger partial charge in [-0.15, -0.1) is 0 Å². The molecule has 0 N–H and O–H groups in total. The zero-order valence-electron chi connectivity index (χ0n) is 9.29. The number of rotatable bonds is 3. The Morgan fingerprint density at radius 3 is 2.44 bits per heavy atom. The van der Waals surface area contributed by atoms with Crippen LogP contribution in [0.3, 0.4) is 0 Å². The van der Waals surface area contributed by atoms with Gasteiger partial charge in [0.2, 0.25) is 0 Å². The first-order chi connectivity index (χ1) is 7.56. The summed E-state index contributed by atoms with van der Waals surface area (Å²) in [6, 6.07) is 1.83. The molecule has 1 aromatic carbocycles. The van der Waals surface area contributed by atoms with Crippen molar-refractivity contribution in [1.29, 1.82) is 0 Å². The average molecular weight is 250 g/mol. The lowest BCUT2D eigenvalue weighted by Crippen LogP contribution is -1.97. The molecule has 0 aliphatic carbocycles. The maximum atomic E-state index is 13.1. The number of halogens is 2. The van der Waals surface area contributed by atoms with E-state index >= 15 is 0 Å². The summed E-state index contributed by atoms with van der Waals surface area (Å²) in [6.07, 6.45) is 0. The van der Waals surface area contributed by atoms with Crippen molar-refractivity contribution in [2.75, 3.05) is 6.61 Å². The van der Waals surface area contributed by atoms with Gasteiger partial charge in [-0.2, -0.15) is 0 Å². The molecular formula is C10H13ClFNO3. The van der Waals surface area contributed by atoms with Gasteiger partial charge in [-0.3, -0.25) is 10.1 Å². The van der Waals surface area contributed by atoms with Crippen LogP contribution in [0.15, 0.2) is 12.1 Å². The van der Waals surface area contributed by atoms with Gasteiger partial charge in [0.25, 0.3) is 5.69 Å². The Morgan fingerprint density at radius 2 is 2.06 bits per heavy atom. The van der Waals surface area contributed by atoms with E-state index in [1.807, 2.05) is 13.8 Å². The first-order valence-electron chi connectivity index (χ1n) is 4.82. The highest BCUT2D eigenvalue weighted by atomic mass is 35.5. The second-order valence-corrected chi connectivity index (χ2v) is 2.84. The Balaban J connectivity index is 0.00000106. The molecule has 16 heavy (non-hydrogen) atoms. The largest absolute Gasteiger partial charge is 0.489 e. The molecule has 0 spiro atoms. The fourth-order valence-electron chi connectivity index (χ4n) is 0.934. The Morgan fingerprint density at radius 1 is 1.50 bits per heavy atom. The molecule has 0 heterocycles. The fraction of sp³-hybridized carbons (Fsp3) is 0.400. The number of ether oxygens (including phenoxy) is 1. The van der Waals surface area contributed by atoms with Crippen LogP contribution in [0.25, 0.3) is 0 Å². The number of benzene rings is 1. The van der Waals surface area contributed by atoms with Crippen LogP contribution in [-0.4, -0.2) is 11.5 Å². The molecule has 1 aromatic rings. The van der Waals surface area contributed by atoms with E-state index in [9.17, 15) is 14.5 Å². The maximum Gasteiger partial charge on any atom is 0.274 e. The SMILES string of the molecule is CC.CCOc1c(F)cc([N+](=O)[O-])cc1Cl. The van der Waals surface area contributed by atoms with Crippen LogP contribution >= 0.6 is 11.6 Å². The molecular weight excluding hydrogens is 237 g/mol. The number of nitro groups is 1. The Labute approximate surface area is 98.1 Å². The zero-order valence-corrected chi connectivity index (χ0v) is 10.0. The zero-order chi connectivity index (χ0) is 12.7. The molecule has 4 nitrogen and oxygen atoms in total. The lowest BCUT2D eigenvalue weighted by Gasteiger charge is -2.05. The van der Waals surface area contributed by atoms with Crippen molar-refractivity contribution in [3.63, 3.8) is 0 Å². The van der Waals surface area contributed by atoms with Crippen LogP contribution in [0.4, 0.5) is 10.1 Å². The van der Waals surface area contributed by atoms with E-state index in [0.29, 0.717) is 0 Å². The summed E-state index contributed by atoms with van der Waals surface area (Å²) in [7, 11) is 0. The van der Waals surface area contributed by atoms with Gasteiger partial charge >= 0.3 is 0 Å². The van der Waals surface area contributed by atoms with Crippen molar-refractivity contribution in [3.8, 4) is 5.75 Å². The highest BCUT2D eigenvalue weighted by Gasteiger charge is 2.16. The van der Waals surface area contributed by atoms with Crippen molar-refractivity contribution in [1.82, 2.24) is 0 Å². The normalized spacial score (nSPS) is 9.06. The van der Waals surface area contributed by atoms with E-state index in [4.69, 9.17) is 16.3 Å². The highest BCUT2D eigenvalue weighted by Crippen LogP contribution is 2.31. The average Bonchev–Trinajstić information content (AvgIpc) is 2.26. The van der Waals surface area contributed by atoms with Crippen LogP contribution in [0, 0.1) is 15.9 Å². The third kappa shape index (κ3) is 3.66.